The van der Waals surface area contributed by atoms with Crippen LogP contribution in [0.1, 0.15) is 55.3 Å². The fourth-order valence-electron chi connectivity index (χ4n) is 4.76. The summed E-state index contributed by atoms with van der Waals surface area (Å²) in [7, 11) is 1.57. The number of methoxy groups -OCH3 is 1. The first-order valence-corrected chi connectivity index (χ1v) is 10.1. The molecule has 27 heavy (non-hydrogen) atoms. The Bertz CT molecular complexity index is 708. The summed E-state index contributed by atoms with van der Waals surface area (Å²) >= 11 is 0. The number of hydrogen-bond acceptors (Lipinski definition) is 4. The molecule has 1 aromatic rings. The summed E-state index contributed by atoms with van der Waals surface area (Å²) < 4.78 is 11.6. The number of benzene rings is 1. The van der Waals surface area contributed by atoms with E-state index >= 15 is 0 Å². The number of hydrogen-bond donors (Lipinski definition) is 0. The van der Waals surface area contributed by atoms with Crippen molar-refractivity contribution in [1.82, 2.24) is 9.80 Å². The van der Waals surface area contributed by atoms with Gasteiger partial charge in [-0.15, -0.1) is 0 Å². The number of para-hydroxylation sites is 1. The van der Waals surface area contributed by atoms with Crippen molar-refractivity contribution in [3.63, 3.8) is 0 Å². The van der Waals surface area contributed by atoms with E-state index in [1.807, 2.05) is 17.0 Å². The zero-order valence-electron chi connectivity index (χ0n) is 16.0. The van der Waals surface area contributed by atoms with Crippen LogP contribution in [-0.2, 0) is 9.53 Å². The fraction of sp³-hybridized carbons (Fsp3) is 0.619. The van der Waals surface area contributed by atoms with Gasteiger partial charge in [-0.3, -0.25) is 14.5 Å². The lowest BCUT2D eigenvalue weighted by molar-refractivity contribution is -0.136. The Labute approximate surface area is 160 Å². The number of nitrogens with zero attached hydrogens (tertiary/aromatic N) is 2. The van der Waals surface area contributed by atoms with Gasteiger partial charge < -0.3 is 14.4 Å². The van der Waals surface area contributed by atoms with E-state index in [0.717, 1.165) is 58.0 Å². The molecule has 4 rings (SSSR count). The summed E-state index contributed by atoms with van der Waals surface area (Å²) in [6.07, 6.45) is 6.82. The van der Waals surface area contributed by atoms with Crippen molar-refractivity contribution in [1.29, 1.82) is 0 Å². The van der Waals surface area contributed by atoms with Gasteiger partial charge in [-0.2, -0.15) is 0 Å². The van der Waals surface area contributed by atoms with E-state index in [1.165, 1.54) is 0 Å². The second-order valence-electron chi connectivity index (χ2n) is 7.74. The quantitative estimate of drug-likeness (QED) is 0.819. The van der Waals surface area contributed by atoms with Crippen molar-refractivity contribution in [2.75, 3.05) is 26.8 Å². The summed E-state index contributed by atoms with van der Waals surface area (Å²) in [6, 6.07) is 6.69. The highest BCUT2D eigenvalue weighted by Crippen LogP contribution is 2.42. The highest BCUT2D eigenvalue weighted by Gasteiger charge is 2.54. The van der Waals surface area contributed by atoms with Crippen LogP contribution in [0.4, 0.5) is 0 Å². The van der Waals surface area contributed by atoms with Gasteiger partial charge in [0.15, 0.2) is 0 Å². The molecule has 1 aliphatic carbocycles. The second kappa shape index (κ2) is 7.50. The van der Waals surface area contributed by atoms with E-state index in [-0.39, 0.29) is 18.4 Å². The first-order valence-electron chi connectivity index (χ1n) is 10.1. The number of rotatable bonds is 3. The third-order valence-electron chi connectivity index (χ3n) is 6.15. The van der Waals surface area contributed by atoms with Crippen molar-refractivity contribution in [2.45, 2.75) is 56.7 Å². The maximum Gasteiger partial charge on any atom is 0.260 e. The SMILES string of the molecule is COc1ccccc1C(=O)N1[C@@H](C(=O)N2CCCC2)COC12CCCCC2. The van der Waals surface area contributed by atoms with Crippen LogP contribution in [0.15, 0.2) is 24.3 Å². The molecular formula is C21H28N2O4. The molecule has 2 saturated heterocycles. The van der Waals surface area contributed by atoms with Gasteiger partial charge in [0.2, 0.25) is 5.91 Å². The van der Waals surface area contributed by atoms with Crippen molar-refractivity contribution >= 4 is 11.8 Å². The van der Waals surface area contributed by atoms with Crippen LogP contribution in [0.25, 0.3) is 0 Å². The topological polar surface area (TPSA) is 59.1 Å². The minimum atomic E-state index is -0.657. The van der Waals surface area contributed by atoms with Gasteiger partial charge in [-0.1, -0.05) is 18.6 Å². The molecule has 0 aromatic heterocycles. The van der Waals surface area contributed by atoms with Crippen LogP contribution in [0.2, 0.25) is 0 Å². The molecule has 0 bridgehead atoms. The lowest BCUT2D eigenvalue weighted by Crippen LogP contribution is -2.56. The minimum Gasteiger partial charge on any atom is -0.496 e. The molecular weight excluding hydrogens is 344 g/mol. The number of likely N-dealkylation sites (tertiary alicyclic amines) is 1. The van der Waals surface area contributed by atoms with E-state index in [2.05, 4.69) is 0 Å². The largest absolute Gasteiger partial charge is 0.496 e. The molecule has 1 atom stereocenters. The average molecular weight is 372 g/mol. The Kier molecular flexibility index (Phi) is 5.08. The highest BCUT2D eigenvalue weighted by atomic mass is 16.5. The zero-order chi connectivity index (χ0) is 18.9. The third-order valence-corrected chi connectivity index (χ3v) is 6.15. The molecule has 2 aliphatic heterocycles. The third kappa shape index (κ3) is 3.20. The summed E-state index contributed by atoms with van der Waals surface area (Å²) in [5, 5.41) is 0. The molecule has 1 aromatic carbocycles. The Morgan fingerprint density at radius 3 is 2.48 bits per heavy atom. The lowest BCUT2D eigenvalue weighted by Gasteiger charge is -2.42. The van der Waals surface area contributed by atoms with Gasteiger partial charge in [0.05, 0.1) is 19.3 Å². The van der Waals surface area contributed by atoms with Crippen LogP contribution in [0.5, 0.6) is 5.75 Å². The first-order chi connectivity index (χ1) is 13.2. The maximum atomic E-state index is 13.6. The van der Waals surface area contributed by atoms with E-state index in [0.29, 0.717) is 11.3 Å². The van der Waals surface area contributed by atoms with Crippen LogP contribution in [-0.4, -0.2) is 60.2 Å². The van der Waals surface area contributed by atoms with Crippen molar-refractivity contribution < 1.29 is 19.1 Å². The molecule has 146 valence electrons. The van der Waals surface area contributed by atoms with Gasteiger partial charge >= 0.3 is 0 Å². The Morgan fingerprint density at radius 2 is 1.78 bits per heavy atom. The molecule has 2 amide bonds. The van der Waals surface area contributed by atoms with E-state index < -0.39 is 11.8 Å². The van der Waals surface area contributed by atoms with E-state index in [4.69, 9.17) is 9.47 Å². The summed E-state index contributed by atoms with van der Waals surface area (Å²) in [4.78, 5) is 30.5. The van der Waals surface area contributed by atoms with Crippen LogP contribution >= 0.6 is 0 Å². The molecule has 6 nitrogen and oxygen atoms in total. The fourth-order valence-corrected chi connectivity index (χ4v) is 4.76. The predicted molar refractivity (Wildman–Crippen MR) is 101 cm³/mol. The second-order valence-corrected chi connectivity index (χ2v) is 7.74. The molecule has 6 heteroatoms. The highest BCUT2D eigenvalue weighted by molar-refractivity contribution is 6.00. The molecule has 2 heterocycles. The van der Waals surface area contributed by atoms with Gasteiger partial charge in [0.1, 0.15) is 17.5 Å². The number of ether oxygens (including phenoxy) is 2. The Balaban J connectivity index is 1.70. The molecule has 3 fully saturated rings. The predicted octanol–water partition coefficient (Wildman–Crippen LogP) is 2.82. The van der Waals surface area contributed by atoms with Crippen molar-refractivity contribution in [3.8, 4) is 5.75 Å². The Morgan fingerprint density at radius 1 is 1.07 bits per heavy atom. The van der Waals surface area contributed by atoms with Gasteiger partial charge in [-0.05, 0) is 50.7 Å². The molecule has 0 N–H and O–H groups in total. The normalized spacial score (nSPS) is 24.4. The minimum absolute atomic E-state index is 0.0261. The smallest absolute Gasteiger partial charge is 0.260 e. The molecule has 1 saturated carbocycles. The maximum absolute atomic E-state index is 13.6. The Hall–Kier alpha value is -2.08. The summed E-state index contributed by atoms with van der Waals surface area (Å²) in [5.74, 6) is 0.398. The summed E-state index contributed by atoms with van der Waals surface area (Å²) in [5.41, 5.74) is -0.161. The standard InChI is InChI=1S/C21H28N2O4/c1-26-18-10-4-3-9-16(18)19(24)23-17(20(25)22-13-7-8-14-22)15-27-21(23)11-5-2-6-12-21/h3-4,9-10,17H,2,5-8,11-15H2,1H3/t17-/m1/s1. The van der Waals surface area contributed by atoms with E-state index in [1.54, 1.807) is 24.1 Å². The van der Waals surface area contributed by atoms with Crippen molar-refractivity contribution in [3.05, 3.63) is 29.8 Å². The summed E-state index contributed by atoms with van der Waals surface area (Å²) in [6.45, 7) is 1.84. The molecule has 0 radical (unpaired) electrons. The van der Waals surface area contributed by atoms with Crippen LogP contribution in [0, 0.1) is 0 Å². The van der Waals surface area contributed by atoms with Gasteiger partial charge in [0, 0.05) is 13.1 Å². The average Bonchev–Trinajstić information content (AvgIpc) is 3.36. The van der Waals surface area contributed by atoms with Gasteiger partial charge in [-0.25, -0.2) is 0 Å². The molecule has 1 spiro atoms. The van der Waals surface area contributed by atoms with Crippen molar-refractivity contribution in [2.24, 2.45) is 0 Å². The first kappa shape index (κ1) is 18.3. The molecule has 0 unspecified atom stereocenters. The van der Waals surface area contributed by atoms with E-state index in [9.17, 15) is 9.59 Å². The molecule has 3 aliphatic rings. The monoisotopic (exact) mass is 372 g/mol. The van der Waals surface area contributed by atoms with Crippen LogP contribution in [0.3, 0.4) is 0 Å². The van der Waals surface area contributed by atoms with Crippen LogP contribution < -0.4 is 4.74 Å². The zero-order valence-corrected chi connectivity index (χ0v) is 16.0. The lowest BCUT2D eigenvalue weighted by atomic mass is 9.89. The number of amides is 2. The number of carbonyl (C=O) groups excluding carboxylic acids is 2. The van der Waals surface area contributed by atoms with Gasteiger partial charge in [0.25, 0.3) is 5.91 Å². The number of carbonyl (C=O) groups is 2.